The van der Waals surface area contributed by atoms with Crippen LogP contribution >= 0.6 is 0 Å². The highest BCUT2D eigenvalue weighted by Gasteiger charge is 2.30. The molecule has 2 aliphatic rings. The fourth-order valence-corrected chi connectivity index (χ4v) is 14.0. The van der Waals surface area contributed by atoms with Crippen molar-refractivity contribution in [3.05, 3.63) is 285 Å². The Hall–Kier alpha value is -12.7. The van der Waals surface area contributed by atoms with Crippen LogP contribution in [0.25, 0.3) is 112 Å². The van der Waals surface area contributed by atoms with Crippen LogP contribution in [0.2, 0.25) is 0 Å². The quantitative estimate of drug-likeness (QED) is 0.0553. The molecule has 2 aliphatic carbocycles. The van der Waals surface area contributed by atoms with Crippen LogP contribution in [0.3, 0.4) is 0 Å². The van der Waals surface area contributed by atoms with Crippen molar-refractivity contribution in [3.63, 3.8) is 0 Å². The topological polar surface area (TPSA) is 271 Å². The van der Waals surface area contributed by atoms with Crippen LogP contribution in [0.1, 0.15) is 152 Å². The lowest BCUT2D eigenvalue weighted by Crippen LogP contribution is -1.98. The van der Waals surface area contributed by atoms with Crippen LogP contribution < -0.4 is 11.5 Å². The number of rotatable bonds is 14. The van der Waals surface area contributed by atoms with E-state index < -0.39 is 0 Å². The molecular formula is C86H80N14O4. The molecule has 8 aromatic carbocycles. The van der Waals surface area contributed by atoms with E-state index in [4.69, 9.17) is 39.5 Å². The summed E-state index contributed by atoms with van der Waals surface area (Å²) in [6.07, 6.45) is 9.17. The first-order valence-corrected chi connectivity index (χ1v) is 35.1. The Labute approximate surface area is 601 Å². The Morgan fingerprint density at radius 1 is 0.413 bits per heavy atom. The highest BCUT2D eigenvalue weighted by Crippen LogP contribution is 2.44. The second kappa shape index (κ2) is 28.0. The van der Waals surface area contributed by atoms with Crippen LogP contribution in [0.5, 0.6) is 0 Å². The monoisotopic (exact) mass is 1370 g/mol. The van der Waals surface area contributed by atoms with Gasteiger partial charge in [-0.3, -0.25) is 0 Å². The molecular weight excluding hydrogens is 1290 g/mol. The number of fused-ring (bicyclic) bond motifs is 4. The van der Waals surface area contributed by atoms with Crippen molar-refractivity contribution < 1.29 is 18.1 Å². The molecule has 0 spiro atoms. The van der Waals surface area contributed by atoms with E-state index in [2.05, 4.69) is 186 Å². The van der Waals surface area contributed by atoms with E-state index in [1.807, 2.05) is 122 Å². The average Bonchev–Trinajstić information content (AvgIpc) is 1.60. The third-order valence-corrected chi connectivity index (χ3v) is 19.6. The Kier molecular flexibility index (Phi) is 18.1. The molecule has 0 radical (unpaired) electrons. The van der Waals surface area contributed by atoms with Crippen molar-refractivity contribution in [2.75, 3.05) is 11.5 Å². The Morgan fingerprint density at radius 3 is 1.19 bits per heavy atom. The minimum Gasteiger partial charge on any atom is -0.369 e. The molecule has 104 heavy (non-hydrogen) atoms. The third-order valence-electron chi connectivity index (χ3n) is 19.6. The van der Waals surface area contributed by atoms with E-state index in [9.17, 15) is 0 Å². The summed E-state index contributed by atoms with van der Waals surface area (Å²) >= 11 is 0. The van der Waals surface area contributed by atoms with E-state index in [1.165, 1.54) is 36.8 Å². The maximum atomic E-state index is 5.93. The molecule has 16 aromatic rings. The fourth-order valence-electron chi connectivity index (χ4n) is 14.0. The van der Waals surface area contributed by atoms with Crippen LogP contribution in [0.15, 0.2) is 201 Å². The number of nitrogens with one attached hydrogen (secondary N) is 4. The first-order valence-electron chi connectivity index (χ1n) is 35.1. The highest BCUT2D eigenvalue weighted by atomic mass is 16.5. The summed E-state index contributed by atoms with van der Waals surface area (Å²) in [5.74, 6) is 7.59. The number of nitrogens with zero attached hydrogens (tertiary/aromatic N) is 8. The standard InChI is InChI=1S/2C23H21N3O.C20H20N4O.C20H18N4O/c1-13(16-7-5-4-6-8-16)19-11-18(21-14(2)26-27-15(21)3)12-20-22(19)25-23(24-20)17-9-10-17;1-14-21(15(2)27-26-14)19-12-18(9-8-16-6-4-3-5-7-16)22-20(13-19)24-23(25-22)17-10-11-17;2*1-11(14-7-5-4-6-8-14)16-9-15(18-12(2)24-25-13(18)3)10-17-19(16)23-20(21)22-17/h4-8,11-12,17H,1,9-10H2,2-3H3,(H,24,25);3-9,12-13,17H,10-11H2,1-2H3,(H,24,25);4-11H,1-3H3,(H3,21,22,23);4-10H,1H2,2-3H3,(H3,21,22,23)/b;9-8+;;. The van der Waals surface area contributed by atoms with E-state index >= 15 is 0 Å². The van der Waals surface area contributed by atoms with Gasteiger partial charge in [0.15, 0.2) is 11.9 Å². The number of aryl methyl sites for hydroxylation is 8. The number of imidazole rings is 4. The van der Waals surface area contributed by atoms with Gasteiger partial charge in [0, 0.05) is 56.7 Å². The fraction of sp³-hybridized carbons (Fsp3) is 0.186. The summed E-state index contributed by atoms with van der Waals surface area (Å²) in [7, 11) is 0. The normalized spacial score (nSPS) is 13.1. The van der Waals surface area contributed by atoms with Crippen molar-refractivity contribution in [1.82, 2.24) is 60.5 Å². The molecule has 1 unspecified atom stereocenters. The number of hydrogen-bond acceptors (Lipinski definition) is 14. The average molecular weight is 1370 g/mol. The van der Waals surface area contributed by atoms with Gasteiger partial charge < -0.3 is 49.5 Å². The number of hydrogen-bond donors (Lipinski definition) is 6. The molecule has 8 heterocycles. The van der Waals surface area contributed by atoms with Crippen molar-refractivity contribution in [1.29, 1.82) is 0 Å². The van der Waals surface area contributed by atoms with Crippen LogP contribution in [0, 0.1) is 55.4 Å². The third kappa shape index (κ3) is 13.6. The number of aromatic amines is 4. The van der Waals surface area contributed by atoms with Gasteiger partial charge in [-0.15, -0.1) is 0 Å². The van der Waals surface area contributed by atoms with Gasteiger partial charge in [-0.05, 0) is 191 Å². The summed E-state index contributed by atoms with van der Waals surface area (Å²) in [5.41, 5.74) is 42.0. The smallest absolute Gasteiger partial charge is 0.198 e. The predicted octanol–water partition coefficient (Wildman–Crippen LogP) is 20.7. The zero-order valence-electron chi connectivity index (χ0n) is 59.7. The van der Waals surface area contributed by atoms with Crippen LogP contribution in [0.4, 0.5) is 11.9 Å². The first kappa shape index (κ1) is 67.1. The molecule has 1 atom stereocenters. The Morgan fingerprint density at radius 2 is 0.769 bits per heavy atom. The van der Waals surface area contributed by atoms with E-state index in [1.54, 1.807) is 0 Å². The van der Waals surface area contributed by atoms with E-state index in [-0.39, 0.29) is 5.92 Å². The molecule has 8 N–H and O–H groups in total. The van der Waals surface area contributed by atoms with Crippen LogP contribution in [-0.2, 0) is 0 Å². The minimum atomic E-state index is 0.187. The van der Waals surface area contributed by atoms with Crippen molar-refractivity contribution >= 4 is 79.3 Å². The molecule has 0 amide bonds. The predicted molar refractivity (Wildman–Crippen MR) is 416 cm³/mol. The van der Waals surface area contributed by atoms with Gasteiger partial charge in [-0.2, -0.15) is 0 Å². The number of anilines is 2. The molecule has 0 aliphatic heterocycles. The lowest BCUT2D eigenvalue weighted by Gasteiger charge is -2.15. The van der Waals surface area contributed by atoms with E-state index in [0.29, 0.717) is 23.7 Å². The molecule has 2 fully saturated rings. The maximum Gasteiger partial charge on any atom is 0.198 e. The summed E-state index contributed by atoms with van der Waals surface area (Å²) in [6, 6.07) is 58.1. The Bertz CT molecular complexity index is 5810. The summed E-state index contributed by atoms with van der Waals surface area (Å²) < 4.78 is 21.5. The van der Waals surface area contributed by atoms with Crippen molar-refractivity contribution in [2.45, 2.75) is 106 Å². The molecule has 18 nitrogen and oxygen atoms in total. The summed E-state index contributed by atoms with van der Waals surface area (Å²) in [6.45, 7) is 26.5. The second-order valence-electron chi connectivity index (χ2n) is 27.2. The van der Waals surface area contributed by atoms with Gasteiger partial charge >= 0.3 is 0 Å². The van der Waals surface area contributed by atoms with Crippen molar-refractivity contribution in [3.8, 4) is 44.5 Å². The minimum absolute atomic E-state index is 0.187. The van der Waals surface area contributed by atoms with Gasteiger partial charge in [0.05, 0.1) is 66.9 Å². The van der Waals surface area contributed by atoms with E-state index in [0.717, 1.165) is 191 Å². The molecule has 0 saturated heterocycles. The molecule has 18 rings (SSSR count). The van der Waals surface area contributed by atoms with Crippen LogP contribution in [-0.4, -0.2) is 60.5 Å². The first-order chi connectivity index (χ1) is 50.4. The highest BCUT2D eigenvalue weighted by molar-refractivity contribution is 5.99. The number of benzene rings is 8. The largest absolute Gasteiger partial charge is 0.369 e. The van der Waals surface area contributed by atoms with Gasteiger partial charge in [0.2, 0.25) is 0 Å². The zero-order valence-corrected chi connectivity index (χ0v) is 59.7. The SMILES string of the molecule is C=C(c1ccccc1)c1cc(-c2c(C)noc2C)cc2[nH]c(C3CC3)nc12.C=C(c1ccccc1)c1cc(-c2c(C)noc2C)cc2[nH]c(N)nc12.Cc1noc(C)c1-c1cc(/C=C/c2ccccc2)c2nc(C3CC3)[nH]c2c1.Cc1noc(C)c1-c1cc(C(C)c2ccccc2)c2nc(N)[nH]c2c1. The summed E-state index contributed by atoms with van der Waals surface area (Å²) in [5, 5.41) is 16.4. The maximum absolute atomic E-state index is 5.93. The lowest BCUT2D eigenvalue weighted by atomic mass is 9.89. The summed E-state index contributed by atoms with van der Waals surface area (Å²) in [4.78, 5) is 32.2. The van der Waals surface area contributed by atoms with Gasteiger partial charge in [0.1, 0.15) is 34.7 Å². The molecule has 18 heteroatoms. The number of nitrogen functional groups attached to an aromatic ring is 2. The molecule has 2 saturated carbocycles. The number of aromatic nitrogens is 12. The zero-order chi connectivity index (χ0) is 72.0. The number of H-pyrrole nitrogens is 4. The second-order valence-corrected chi connectivity index (χ2v) is 27.2. The van der Waals surface area contributed by atoms with Gasteiger partial charge in [0.25, 0.3) is 0 Å². The molecule has 0 bridgehead atoms. The molecule has 518 valence electrons. The van der Waals surface area contributed by atoms with Crippen molar-refractivity contribution in [2.24, 2.45) is 0 Å². The number of nitrogens with two attached hydrogens (primary N) is 2. The van der Waals surface area contributed by atoms with Gasteiger partial charge in [-0.1, -0.05) is 174 Å². The lowest BCUT2D eigenvalue weighted by molar-refractivity contribution is 0.393. The molecule has 8 aromatic heterocycles. The van der Waals surface area contributed by atoms with Gasteiger partial charge in [-0.25, -0.2) is 19.9 Å². The Balaban J connectivity index is 0.000000112.